The zero-order valence-electron chi connectivity index (χ0n) is 6.14. The third kappa shape index (κ3) is 0.818. The van der Waals surface area contributed by atoms with E-state index in [4.69, 9.17) is 0 Å². The Morgan fingerprint density at radius 2 is 2.09 bits per heavy atom. The Balaban J connectivity index is 2.22. The molecule has 0 bridgehead atoms. The topological polar surface area (TPSA) is 58.2 Å². The van der Waals surface area contributed by atoms with E-state index in [2.05, 4.69) is 10.6 Å². The van der Waals surface area contributed by atoms with Crippen molar-refractivity contribution in [2.45, 2.75) is 12.8 Å². The maximum absolute atomic E-state index is 11.2. The molecule has 1 atom stereocenters. The fourth-order valence-corrected chi connectivity index (χ4v) is 1.75. The predicted molar refractivity (Wildman–Crippen MR) is 37.7 cm³/mol. The number of rotatable bonds is 0. The summed E-state index contributed by atoms with van der Waals surface area (Å²) in [6.45, 7) is 1.24. The molecule has 1 spiro atoms. The highest BCUT2D eigenvalue weighted by Crippen LogP contribution is 2.33. The summed E-state index contributed by atoms with van der Waals surface area (Å²) in [4.78, 5) is 22.1. The van der Waals surface area contributed by atoms with Crippen molar-refractivity contribution in [3.8, 4) is 0 Å². The maximum atomic E-state index is 11.2. The van der Waals surface area contributed by atoms with Gasteiger partial charge in [-0.2, -0.15) is 0 Å². The first kappa shape index (κ1) is 6.64. The van der Waals surface area contributed by atoms with E-state index in [1.807, 2.05) is 0 Å². The lowest BCUT2D eigenvalue weighted by molar-refractivity contribution is -0.128. The van der Waals surface area contributed by atoms with Crippen LogP contribution in [0.5, 0.6) is 0 Å². The molecule has 11 heavy (non-hydrogen) atoms. The molecule has 0 unspecified atom stereocenters. The molecule has 2 amide bonds. The zero-order chi connectivity index (χ0) is 7.90. The zero-order valence-corrected chi connectivity index (χ0v) is 6.14. The van der Waals surface area contributed by atoms with Gasteiger partial charge in [0.05, 0.1) is 5.41 Å². The Morgan fingerprint density at radius 1 is 1.27 bits per heavy atom. The highest BCUT2D eigenvalue weighted by Gasteiger charge is 2.47. The van der Waals surface area contributed by atoms with Crippen LogP contribution in [-0.2, 0) is 9.59 Å². The molecule has 2 N–H and O–H groups in total. The Morgan fingerprint density at radius 3 is 2.55 bits per heavy atom. The molecule has 2 aliphatic rings. The van der Waals surface area contributed by atoms with Crippen molar-refractivity contribution in [2.24, 2.45) is 5.41 Å². The van der Waals surface area contributed by atoms with Gasteiger partial charge in [-0.15, -0.1) is 0 Å². The first-order chi connectivity index (χ1) is 5.23. The summed E-state index contributed by atoms with van der Waals surface area (Å²) in [5, 5.41) is 5.42. The van der Waals surface area contributed by atoms with Crippen molar-refractivity contribution in [1.29, 1.82) is 0 Å². The van der Waals surface area contributed by atoms with Gasteiger partial charge in [-0.25, -0.2) is 0 Å². The average molecular weight is 154 g/mol. The number of hydrogen-bond acceptors (Lipinski definition) is 2. The number of hydrogen-bond donors (Lipinski definition) is 2. The highest BCUT2D eigenvalue weighted by atomic mass is 16.2. The average Bonchev–Trinajstić information content (AvgIpc) is 2.46. The Kier molecular flexibility index (Phi) is 1.19. The first-order valence-electron chi connectivity index (χ1n) is 3.78. The standard InChI is InChI=1S/C7H10N2O2/c10-5-3-7(4-9-5)1-2-8-6(7)11/h1-4H2,(H,8,11)(H,9,10)/t7-/m1/s1. The summed E-state index contributed by atoms with van der Waals surface area (Å²) in [6, 6.07) is 0. The van der Waals surface area contributed by atoms with Gasteiger partial charge in [0.2, 0.25) is 11.8 Å². The van der Waals surface area contributed by atoms with E-state index >= 15 is 0 Å². The summed E-state index contributed by atoms with van der Waals surface area (Å²) >= 11 is 0. The number of amides is 2. The minimum atomic E-state index is -0.392. The Labute approximate surface area is 64.3 Å². The summed E-state index contributed by atoms with van der Waals surface area (Å²) < 4.78 is 0. The normalized spacial score (nSPS) is 36.0. The van der Waals surface area contributed by atoms with Gasteiger partial charge in [0.1, 0.15) is 0 Å². The van der Waals surface area contributed by atoms with Gasteiger partial charge < -0.3 is 10.6 Å². The van der Waals surface area contributed by atoms with Crippen molar-refractivity contribution in [3.63, 3.8) is 0 Å². The van der Waals surface area contributed by atoms with Crippen molar-refractivity contribution < 1.29 is 9.59 Å². The summed E-state index contributed by atoms with van der Waals surface area (Å²) in [6.07, 6.45) is 1.17. The van der Waals surface area contributed by atoms with Crippen LogP contribution in [0.2, 0.25) is 0 Å². The van der Waals surface area contributed by atoms with E-state index < -0.39 is 5.41 Å². The van der Waals surface area contributed by atoms with E-state index in [1.54, 1.807) is 0 Å². The van der Waals surface area contributed by atoms with Crippen LogP contribution < -0.4 is 10.6 Å². The second-order valence-corrected chi connectivity index (χ2v) is 3.24. The molecule has 2 fully saturated rings. The molecule has 0 radical (unpaired) electrons. The van der Waals surface area contributed by atoms with E-state index in [0.29, 0.717) is 19.5 Å². The van der Waals surface area contributed by atoms with Gasteiger partial charge in [0.25, 0.3) is 0 Å². The Hall–Kier alpha value is -1.06. The molecule has 4 heteroatoms. The highest BCUT2D eigenvalue weighted by molar-refractivity contribution is 5.93. The fraction of sp³-hybridized carbons (Fsp3) is 0.714. The molecule has 60 valence electrons. The molecular weight excluding hydrogens is 144 g/mol. The van der Waals surface area contributed by atoms with Crippen molar-refractivity contribution in [1.82, 2.24) is 10.6 Å². The molecule has 4 nitrogen and oxygen atoms in total. The van der Waals surface area contributed by atoms with Crippen molar-refractivity contribution in [2.75, 3.05) is 13.1 Å². The third-order valence-corrected chi connectivity index (χ3v) is 2.49. The van der Waals surface area contributed by atoms with Crippen LogP contribution in [0.15, 0.2) is 0 Å². The smallest absolute Gasteiger partial charge is 0.228 e. The summed E-state index contributed by atoms with van der Waals surface area (Å²) in [7, 11) is 0. The molecule has 2 rings (SSSR count). The first-order valence-corrected chi connectivity index (χ1v) is 3.78. The van der Waals surface area contributed by atoms with Gasteiger partial charge in [0, 0.05) is 19.5 Å². The quantitative estimate of drug-likeness (QED) is 0.471. The van der Waals surface area contributed by atoms with Crippen LogP contribution in [0.25, 0.3) is 0 Å². The summed E-state index contributed by atoms with van der Waals surface area (Å²) in [5.74, 6) is 0.0397. The van der Waals surface area contributed by atoms with Crippen molar-refractivity contribution >= 4 is 11.8 Å². The van der Waals surface area contributed by atoms with Crippen LogP contribution in [0.4, 0.5) is 0 Å². The molecule has 2 aliphatic heterocycles. The monoisotopic (exact) mass is 154 g/mol. The molecule has 0 aromatic rings. The SMILES string of the molecule is O=C1C[C@]2(CCNC2=O)CN1. The maximum Gasteiger partial charge on any atom is 0.228 e. The third-order valence-electron chi connectivity index (χ3n) is 2.49. The Bertz CT molecular complexity index is 226. The van der Waals surface area contributed by atoms with Crippen LogP contribution in [-0.4, -0.2) is 24.9 Å². The lowest BCUT2D eigenvalue weighted by atomic mass is 9.86. The van der Waals surface area contributed by atoms with E-state index in [0.717, 1.165) is 6.42 Å². The number of nitrogens with one attached hydrogen (secondary N) is 2. The molecule has 2 saturated heterocycles. The molecule has 0 saturated carbocycles. The van der Waals surface area contributed by atoms with Gasteiger partial charge in [-0.3, -0.25) is 9.59 Å². The van der Waals surface area contributed by atoms with Gasteiger partial charge in [-0.1, -0.05) is 0 Å². The van der Waals surface area contributed by atoms with Crippen LogP contribution in [0.1, 0.15) is 12.8 Å². The summed E-state index contributed by atoms with van der Waals surface area (Å²) in [5.41, 5.74) is -0.392. The molecule has 0 aliphatic carbocycles. The molecule has 0 aromatic heterocycles. The second kappa shape index (κ2) is 1.96. The van der Waals surface area contributed by atoms with Crippen LogP contribution in [0, 0.1) is 5.41 Å². The second-order valence-electron chi connectivity index (χ2n) is 3.24. The van der Waals surface area contributed by atoms with Gasteiger partial charge >= 0.3 is 0 Å². The minimum Gasteiger partial charge on any atom is -0.356 e. The number of carbonyl (C=O) groups excluding carboxylic acids is 2. The van der Waals surface area contributed by atoms with E-state index in [-0.39, 0.29) is 11.8 Å². The van der Waals surface area contributed by atoms with Crippen molar-refractivity contribution in [3.05, 3.63) is 0 Å². The van der Waals surface area contributed by atoms with Gasteiger partial charge in [-0.05, 0) is 6.42 Å². The van der Waals surface area contributed by atoms with E-state index in [1.165, 1.54) is 0 Å². The predicted octanol–water partition coefficient (Wildman–Crippen LogP) is -0.987. The molecular formula is C7H10N2O2. The van der Waals surface area contributed by atoms with Crippen LogP contribution >= 0.6 is 0 Å². The fourth-order valence-electron chi connectivity index (χ4n) is 1.75. The molecule has 2 heterocycles. The van der Waals surface area contributed by atoms with Gasteiger partial charge in [0.15, 0.2) is 0 Å². The van der Waals surface area contributed by atoms with Crippen LogP contribution in [0.3, 0.4) is 0 Å². The minimum absolute atomic E-state index is 0.00190. The lowest BCUT2D eigenvalue weighted by Crippen LogP contribution is -2.32. The number of carbonyl (C=O) groups is 2. The molecule has 0 aromatic carbocycles. The van der Waals surface area contributed by atoms with E-state index in [9.17, 15) is 9.59 Å². The lowest BCUT2D eigenvalue weighted by Gasteiger charge is -2.14. The largest absolute Gasteiger partial charge is 0.356 e.